The summed E-state index contributed by atoms with van der Waals surface area (Å²) in [6.07, 6.45) is 4.94. The molecule has 150 valence electrons. The number of likely N-dealkylation sites (tertiary alicyclic amines) is 1. The van der Waals surface area contributed by atoms with Gasteiger partial charge in [0.1, 0.15) is 5.54 Å². The Morgan fingerprint density at radius 3 is 2.54 bits per heavy atom. The lowest BCUT2D eigenvalue weighted by Crippen LogP contribution is -2.48. The number of nitrogens with one attached hydrogen (secondary N) is 1. The van der Waals surface area contributed by atoms with Crippen LogP contribution in [-0.2, 0) is 16.1 Å². The minimum Gasteiger partial charge on any atom is -0.338 e. The first-order valence-corrected chi connectivity index (χ1v) is 10.4. The van der Waals surface area contributed by atoms with E-state index in [1.165, 1.54) is 16.0 Å². The molecule has 6 heteroatoms. The number of carbonyl (C=O) groups is 3. The average Bonchev–Trinajstić information content (AvgIpc) is 3.11. The Kier molecular flexibility index (Phi) is 4.89. The van der Waals surface area contributed by atoms with Crippen LogP contribution >= 0.6 is 0 Å². The number of hydrogen-bond acceptors (Lipinski definition) is 3. The first-order chi connectivity index (χ1) is 13.4. The molecule has 2 aliphatic heterocycles. The lowest BCUT2D eigenvalue weighted by Gasteiger charge is -2.30. The van der Waals surface area contributed by atoms with E-state index in [0.717, 1.165) is 37.7 Å². The molecule has 4 rings (SSSR count). The number of urea groups is 1. The second-order valence-corrected chi connectivity index (χ2v) is 8.75. The summed E-state index contributed by atoms with van der Waals surface area (Å²) in [5.74, 6) is 0.0207. The molecule has 1 aliphatic carbocycles. The zero-order chi connectivity index (χ0) is 19.9. The molecule has 1 aromatic carbocycles. The van der Waals surface area contributed by atoms with Crippen molar-refractivity contribution in [2.45, 2.75) is 64.5 Å². The van der Waals surface area contributed by atoms with Crippen LogP contribution in [0.2, 0.25) is 0 Å². The monoisotopic (exact) mass is 383 g/mol. The SMILES string of the molecule is Cc1ccc(CN2CC(CN3C(=O)NC4(CCCCC4)C3=O)CC2=O)cc1C. The van der Waals surface area contributed by atoms with Gasteiger partial charge in [0.25, 0.3) is 5.91 Å². The van der Waals surface area contributed by atoms with Gasteiger partial charge in [-0.2, -0.15) is 0 Å². The number of aryl methyl sites for hydroxylation is 2. The quantitative estimate of drug-likeness (QED) is 0.813. The van der Waals surface area contributed by atoms with Gasteiger partial charge >= 0.3 is 6.03 Å². The molecule has 1 atom stereocenters. The summed E-state index contributed by atoms with van der Waals surface area (Å²) >= 11 is 0. The molecule has 1 aromatic rings. The highest BCUT2D eigenvalue weighted by Gasteiger charge is 2.52. The highest BCUT2D eigenvalue weighted by molar-refractivity contribution is 6.07. The molecule has 3 aliphatic rings. The van der Waals surface area contributed by atoms with Gasteiger partial charge in [-0.1, -0.05) is 37.5 Å². The zero-order valence-electron chi connectivity index (χ0n) is 16.8. The van der Waals surface area contributed by atoms with E-state index in [1.807, 2.05) is 4.90 Å². The second-order valence-electron chi connectivity index (χ2n) is 8.75. The first kappa shape index (κ1) is 19.0. The van der Waals surface area contributed by atoms with Gasteiger partial charge in [0.2, 0.25) is 5.91 Å². The van der Waals surface area contributed by atoms with Crippen LogP contribution in [0.15, 0.2) is 18.2 Å². The molecule has 1 spiro atoms. The molecule has 3 fully saturated rings. The Bertz CT molecular complexity index is 813. The Morgan fingerprint density at radius 2 is 1.82 bits per heavy atom. The van der Waals surface area contributed by atoms with Gasteiger partial charge in [-0.25, -0.2) is 4.79 Å². The third-order valence-corrected chi connectivity index (χ3v) is 6.63. The van der Waals surface area contributed by atoms with E-state index in [-0.39, 0.29) is 23.8 Å². The number of nitrogens with zero attached hydrogens (tertiary/aromatic N) is 2. The highest BCUT2D eigenvalue weighted by Crippen LogP contribution is 2.34. The summed E-state index contributed by atoms with van der Waals surface area (Å²) in [5.41, 5.74) is 2.90. The van der Waals surface area contributed by atoms with Crippen LogP contribution in [0, 0.1) is 19.8 Å². The van der Waals surface area contributed by atoms with E-state index < -0.39 is 5.54 Å². The number of imide groups is 1. The number of amides is 4. The van der Waals surface area contributed by atoms with Crippen LogP contribution in [0.5, 0.6) is 0 Å². The van der Waals surface area contributed by atoms with E-state index in [9.17, 15) is 14.4 Å². The topological polar surface area (TPSA) is 69.7 Å². The zero-order valence-corrected chi connectivity index (χ0v) is 16.8. The lowest BCUT2D eigenvalue weighted by atomic mass is 9.81. The van der Waals surface area contributed by atoms with Crippen LogP contribution in [0.4, 0.5) is 4.79 Å². The van der Waals surface area contributed by atoms with Crippen molar-refractivity contribution >= 4 is 17.8 Å². The van der Waals surface area contributed by atoms with E-state index in [2.05, 4.69) is 37.4 Å². The summed E-state index contributed by atoms with van der Waals surface area (Å²) in [5, 5.41) is 2.96. The van der Waals surface area contributed by atoms with Gasteiger partial charge in [-0.15, -0.1) is 0 Å². The molecule has 0 bridgehead atoms. The maximum absolute atomic E-state index is 12.9. The Hall–Kier alpha value is -2.37. The van der Waals surface area contributed by atoms with Crippen molar-refractivity contribution in [3.63, 3.8) is 0 Å². The summed E-state index contributed by atoms with van der Waals surface area (Å²) in [6, 6.07) is 5.99. The predicted octanol–water partition coefficient (Wildman–Crippen LogP) is 2.91. The molecule has 28 heavy (non-hydrogen) atoms. The molecule has 0 radical (unpaired) electrons. The van der Waals surface area contributed by atoms with E-state index in [1.54, 1.807) is 0 Å². The molecular formula is C22H29N3O3. The fourth-order valence-electron chi connectivity index (χ4n) is 4.85. The minimum absolute atomic E-state index is 0.00693. The number of carbonyl (C=O) groups excluding carboxylic acids is 3. The number of hydrogen-bond donors (Lipinski definition) is 1. The van der Waals surface area contributed by atoms with Crippen LogP contribution in [0.25, 0.3) is 0 Å². The fourth-order valence-corrected chi connectivity index (χ4v) is 4.85. The summed E-state index contributed by atoms with van der Waals surface area (Å²) in [7, 11) is 0. The molecule has 1 saturated carbocycles. The summed E-state index contributed by atoms with van der Waals surface area (Å²) < 4.78 is 0. The minimum atomic E-state index is -0.683. The predicted molar refractivity (Wildman–Crippen MR) is 106 cm³/mol. The summed E-state index contributed by atoms with van der Waals surface area (Å²) in [4.78, 5) is 41.1. The van der Waals surface area contributed by atoms with E-state index >= 15 is 0 Å². The summed E-state index contributed by atoms with van der Waals surface area (Å²) in [6.45, 7) is 5.66. The molecule has 2 heterocycles. The third-order valence-electron chi connectivity index (χ3n) is 6.63. The van der Waals surface area contributed by atoms with Crippen LogP contribution < -0.4 is 5.32 Å². The number of rotatable bonds is 4. The molecular weight excluding hydrogens is 354 g/mol. The highest BCUT2D eigenvalue weighted by atomic mass is 16.2. The first-order valence-electron chi connectivity index (χ1n) is 10.4. The van der Waals surface area contributed by atoms with Crippen LogP contribution in [0.3, 0.4) is 0 Å². The van der Waals surface area contributed by atoms with Crippen molar-refractivity contribution in [1.29, 1.82) is 0 Å². The Morgan fingerprint density at radius 1 is 1.07 bits per heavy atom. The van der Waals surface area contributed by atoms with Gasteiger partial charge in [0.15, 0.2) is 0 Å². The molecule has 4 amide bonds. The van der Waals surface area contributed by atoms with Crippen molar-refractivity contribution in [2.24, 2.45) is 5.92 Å². The van der Waals surface area contributed by atoms with Crippen LogP contribution in [0.1, 0.15) is 55.2 Å². The molecule has 1 N–H and O–H groups in total. The molecule has 6 nitrogen and oxygen atoms in total. The average molecular weight is 383 g/mol. The lowest BCUT2D eigenvalue weighted by molar-refractivity contribution is -0.133. The van der Waals surface area contributed by atoms with E-state index in [4.69, 9.17) is 0 Å². The Labute approximate surface area is 166 Å². The van der Waals surface area contributed by atoms with Gasteiger partial charge in [-0.3, -0.25) is 14.5 Å². The third kappa shape index (κ3) is 3.40. The maximum Gasteiger partial charge on any atom is 0.325 e. The van der Waals surface area contributed by atoms with Crippen LogP contribution in [-0.4, -0.2) is 46.3 Å². The van der Waals surface area contributed by atoms with Crippen molar-refractivity contribution in [1.82, 2.24) is 15.1 Å². The number of benzene rings is 1. The van der Waals surface area contributed by atoms with Gasteiger partial charge < -0.3 is 10.2 Å². The normalized spacial score (nSPS) is 24.4. The van der Waals surface area contributed by atoms with Crippen molar-refractivity contribution < 1.29 is 14.4 Å². The van der Waals surface area contributed by atoms with E-state index in [0.29, 0.717) is 26.1 Å². The van der Waals surface area contributed by atoms with Crippen molar-refractivity contribution in [2.75, 3.05) is 13.1 Å². The van der Waals surface area contributed by atoms with Gasteiger partial charge in [-0.05, 0) is 43.4 Å². The van der Waals surface area contributed by atoms with Gasteiger partial charge in [0.05, 0.1) is 0 Å². The standard InChI is InChI=1S/C22H29N3O3/c1-15-6-7-17(10-16(15)2)12-24-13-18(11-19(24)26)14-25-20(27)22(23-21(25)28)8-4-3-5-9-22/h6-7,10,18H,3-5,8-9,11-14H2,1-2H3,(H,23,28). The smallest absolute Gasteiger partial charge is 0.325 e. The molecule has 0 aromatic heterocycles. The Balaban J connectivity index is 1.39. The van der Waals surface area contributed by atoms with Gasteiger partial charge in [0, 0.05) is 32.0 Å². The fraction of sp³-hybridized carbons (Fsp3) is 0.591. The molecule has 2 saturated heterocycles. The van der Waals surface area contributed by atoms with Crippen molar-refractivity contribution in [3.05, 3.63) is 34.9 Å². The molecule has 1 unspecified atom stereocenters. The maximum atomic E-state index is 12.9. The largest absolute Gasteiger partial charge is 0.338 e. The second kappa shape index (κ2) is 7.22. The van der Waals surface area contributed by atoms with Crippen molar-refractivity contribution in [3.8, 4) is 0 Å².